The summed E-state index contributed by atoms with van der Waals surface area (Å²) < 4.78 is 5.14. The molecule has 1 N–H and O–H groups in total. The molecular formula is C12H22N2OS. The fourth-order valence-corrected chi connectivity index (χ4v) is 2.47. The maximum Gasteiger partial charge on any atom is 0.0980 e. The molecule has 0 spiro atoms. The summed E-state index contributed by atoms with van der Waals surface area (Å²) in [5.74, 6) is 0.391. The Morgan fingerprint density at radius 1 is 1.50 bits per heavy atom. The van der Waals surface area contributed by atoms with E-state index in [1.165, 1.54) is 5.01 Å². The summed E-state index contributed by atoms with van der Waals surface area (Å²) in [6, 6.07) is 0.347. The first-order valence-corrected chi connectivity index (χ1v) is 6.74. The van der Waals surface area contributed by atoms with Crippen molar-refractivity contribution in [2.24, 2.45) is 0 Å². The van der Waals surface area contributed by atoms with Crippen molar-refractivity contribution in [1.82, 2.24) is 10.3 Å². The maximum atomic E-state index is 5.14. The van der Waals surface area contributed by atoms with Crippen LogP contribution in [0.4, 0.5) is 0 Å². The Labute approximate surface area is 102 Å². The average molecular weight is 242 g/mol. The van der Waals surface area contributed by atoms with E-state index in [1.807, 2.05) is 0 Å². The first kappa shape index (κ1) is 13.6. The second-order valence-electron chi connectivity index (χ2n) is 4.14. The topological polar surface area (TPSA) is 34.1 Å². The SMILES string of the molecule is CCCNC(C)c1csc(C(C)COC)n1. The van der Waals surface area contributed by atoms with Crippen molar-refractivity contribution in [1.29, 1.82) is 0 Å². The number of ether oxygens (including phenoxy) is 1. The number of hydrogen-bond donors (Lipinski definition) is 1. The lowest BCUT2D eigenvalue weighted by atomic mass is 10.2. The standard InChI is InChI=1S/C12H22N2OS/c1-5-6-13-10(3)11-8-16-12(14-11)9(2)7-15-4/h8-10,13H,5-7H2,1-4H3. The van der Waals surface area contributed by atoms with Crippen molar-refractivity contribution in [3.05, 3.63) is 16.1 Å². The van der Waals surface area contributed by atoms with Crippen LogP contribution in [0.2, 0.25) is 0 Å². The van der Waals surface area contributed by atoms with Gasteiger partial charge in [-0.15, -0.1) is 11.3 Å². The zero-order valence-electron chi connectivity index (χ0n) is 10.6. The van der Waals surface area contributed by atoms with Crippen molar-refractivity contribution in [2.75, 3.05) is 20.3 Å². The van der Waals surface area contributed by atoms with Crippen molar-refractivity contribution < 1.29 is 4.74 Å². The molecule has 0 bridgehead atoms. The van der Waals surface area contributed by atoms with Gasteiger partial charge in [0.25, 0.3) is 0 Å². The lowest BCUT2D eigenvalue weighted by Gasteiger charge is -2.10. The summed E-state index contributed by atoms with van der Waals surface area (Å²) in [7, 11) is 1.73. The van der Waals surface area contributed by atoms with Crippen LogP contribution >= 0.6 is 11.3 Å². The predicted molar refractivity (Wildman–Crippen MR) is 69.1 cm³/mol. The van der Waals surface area contributed by atoms with Crippen LogP contribution in [-0.4, -0.2) is 25.2 Å². The van der Waals surface area contributed by atoms with E-state index in [-0.39, 0.29) is 0 Å². The highest BCUT2D eigenvalue weighted by Gasteiger charge is 2.13. The molecule has 1 aromatic heterocycles. The molecule has 0 aliphatic heterocycles. The normalized spacial score (nSPS) is 15.0. The molecule has 0 radical (unpaired) electrons. The smallest absolute Gasteiger partial charge is 0.0980 e. The quantitative estimate of drug-likeness (QED) is 0.798. The summed E-state index contributed by atoms with van der Waals surface area (Å²) in [5, 5.41) is 6.76. The summed E-state index contributed by atoms with van der Waals surface area (Å²) in [6.07, 6.45) is 1.15. The van der Waals surface area contributed by atoms with Gasteiger partial charge in [-0.2, -0.15) is 0 Å². The Hall–Kier alpha value is -0.450. The van der Waals surface area contributed by atoms with E-state index in [0.717, 1.165) is 25.3 Å². The first-order chi connectivity index (χ1) is 7.69. The van der Waals surface area contributed by atoms with Crippen LogP contribution in [0.25, 0.3) is 0 Å². The van der Waals surface area contributed by atoms with Crippen LogP contribution in [0, 0.1) is 0 Å². The number of rotatable bonds is 7. The van der Waals surface area contributed by atoms with Crippen LogP contribution in [0.3, 0.4) is 0 Å². The molecule has 0 fully saturated rings. The lowest BCUT2D eigenvalue weighted by molar-refractivity contribution is 0.184. The van der Waals surface area contributed by atoms with Gasteiger partial charge >= 0.3 is 0 Å². The van der Waals surface area contributed by atoms with Crippen molar-refractivity contribution >= 4 is 11.3 Å². The number of hydrogen-bond acceptors (Lipinski definition) is 4. The minimum atomic E-state index is 0.347. The molecule has 2 unspecified atom stereocenters. The molecule has 0 aliphatic carbocycles. The van der Waals surface area contributed by atoms with Crippen LogP contribution in [0.5, 0.6) is 0 Å². The molecule has 0 amide bonds. The Balaban J connectivity index is 2.56. The summed E-state index contributed by atoms with van der Waals surface area (Å²) >= 11 is 1.73. The summed E-state index contributed by atoms with van der Waals surface area (Å²) in [6.45, 7) is 8.27. The third-order valence-corrected chi connectivity index (χ3v) is 3.62. The number of thiazole rings is 1. The van der Waals surface area contributed by atoms with E-state index in [9.17, 15) is 0 Å². The van der Waals surface area contributed by atoms with Crippen molar-refractivity contribution in [2.45, 2.75) is 39.2 Å². The Kier molecular flexibility index (Phi) is 5.95. The molecule has 0 aromatic carbocycles. The molecule has 4 heteroatoms. The second kappa shape index (κ2) is 6.99. The lowest BCUT2D eigenvalue weighted by Crippen LogP contribution is -2.19. The number of nitrogens with zero attached hydrogens (tertiary/aromatic N) is 1. The molecule has 0 saturated carbocycles. The molecular weight excluding hydrogens is 220 g/mol. The fraction of sp³-hybridized carbons (Fsp3) is 0.750. The Bertz CT molecular complexity index is 301. The molecule has 92 valence electrons. The van der Waals surface area contributed by atoms with Gasteiger partial charge in [-0.25, -0.2) is 4.98 Å². The molecule has 16 heavy (non-hydrogen) atoms. The van der Waals surface area contributed by atoms with Gasteiger partial charge in [-0.3, -0.25) is 0 Å². The van der Waals surface area contributed by atoms with Crippen molar-refractivity contribution in [3.8, 4) is 0 Å². The van der Waals surface area contributed by atoms with E-state index in [1.54, 1.807) is 18.4 Å². The third-order valence-electron chi connectivity index (χ3n) is 2.52. The second-order valence-corrected chi connectivity index (χ2v) is 5.03. The van der Waals surface area contributed by atoms with E-state index < -0.39 is 0 Å². The molecule has 1 aromatic rings. The van der Waals surface area contributed by atoms with Gasteiger partial charge < -0.3 is 10.1 Å². The van der Waals surface area contributed by atoms with Crippen molar-refractivity contribution in [3.63, 3.8) is 0 Å². The molecule has 1 rings (SSSR count). The molecule has 0 aliphatic rings. The van der Waals surface area contributed by atoms with Gasteiger partial charge in [0.2, 0.25) is 0 Å². The minimum Gasteiger partial charge on any atom is -0.384 e. The van der Waals surface area contributed by atoms with E-state index >= 15 is 0 Å². The molecule has 1 heterocycles. The monoisotopic (exact) mass is 242 g/mol. The van der Waals surface area contributed by atoms with Crippen LogP contribution in [0.15, 0.2) is 5.38 Å². The average Bonchev–Trinajstić information content (AvgIpc) is 2.75. The van der Waals surface area contributed by atoms with Gasteiger partial charge in [0, 0.05) is 24.4 Å². The third kappa shape index (κ3) is 3.85. The first-order valence-electron chi connectivity index (χ1n) is 5.86. The highest BCUT2D eigenvalue weighted by Crippen LogP contribution is 2.23. The zero-order chi connectivity index (χ0) is 12.0. The highest BCUT2D eigenvalue weighted by molar-refractivity contribution is 7.09. The zero-order valence-corrected chi connectivity index (χ0v) is 11.4. The number of nitrogens with one attached hydrogen (secondary N) is 1. The Morgan fingerprint density at radius 2 is 2.25 bits per heavy atom. The molecule has 0 saturated heterocycles. The van der Waals surface area contributed by atoms with E-state index in [4.69, 9.17) is 4.74 Å². The van der Waals surface area contributed by atoms with Gasteiger partial charge in [-0.1, -0.05) is 13.8 Å². The van der Waals surface area contributed by atoms with E-state index in [2.05, 4.69) is 36.5 Å². The highest BCUT2D eigenvalue weighted by atomic mass is 32.1. The largest absolute Gasteiger partial charge is 0.384 e. The molecule has 2 atom stereocenters. The number of methoxy groups -OCH3 is 1. The summed E-state index contributed by atoms with van der Waals surface area (Å²) in [4.78, 5) is 4.66. The van der Waals surface area contributed by atoms with Gasteiger partial charge in [-0.05, 0) is 19.9 Å². The number of aromatic nitrogens is 1. The minimum absolute atomic E-state index is 0.347. The summed E-state index contributed by atoms with van der Waals surface area (Å²) in [5.41, 5.74) is 1.15. The molecule has 3 nitrogen and oxygen atoms in total. The van der Waals surface area contributed by atoms with Gasteiger partial charge in [0.15, 0.2) is 0 Å². The van der Waals surface area contributed by atoms with Crippen LogP contribution < -0.4 is 5.32 Å². The fourth-order valence-electron chi connectivity index (χ4n) is 1.51. The van der Waals surface area contributed by atoms with Gasteiger partial charge in [0.1, 0.15) is 0 Å². The predicted octanol–water partition coefficient (Wildman–Crippen LogP) is 2.95. The van der Waals surface area contributed by atoms with Crippen LogP contribution in [-0.2, 0) is 4.74 Å². The van der Waals surface area contributed by atoms with E-state index in [0.29, 0.717) is 12.0 Å². The maximum absolute atomic E-state index is 5.14. The van der Waals surface area contributed by atoms with Crippen LogP contribution in [0.1, 0.15) is 49.9 Å². The van der Waals surface area contributed by atoms with Gasteiger partial charge in [0.05, 0.1) is 17.3 Å². The Morgan fingerprint density at radius 3 is 2.88 bits per heavy atom.